The Bertz CT molecular complexity index is 1740. The molecule has 4 aromatic rings. The summed E-state index contributed by atoms with van der Waals surface area (Å²) in [4.78, 5) is 56.9. The van der Waals surface area contributed by atoms with Gasteiger partial charge in [-0.2, -0.15) is 0 Å². The maximum Gasteiger partial charge on any atom is 0.277 e. The molecule has 0 saturated carbocycles. The molecule has 13 nitrogen and oxygen atoms in total. The molecule has 5 rings (SSSR count). The first-order chi connectivity index (χ1) is 20.1. The smallest absolute Gasteiger partial charge is 0.277 e. The van der Waals surface area contributed by atoms with E-state index in [-0.39, 0.29) is 29.8 Å². The van der Waals surface area contributed by atoms with Crippen molar-refractivity contribution in [3.63, 3.8) is 0 Å². The maximum absolute atomic E-state index is 13.8. The topological polar surface area (TPSA) is 154 Å². The summed E-state index contributed by atoms with van der Waals surface area (Å²) < 4.78 is 7.13. The van der Waals surface area contributed by atoms with Gasteiger partial charge in [0.05, 0.1) is 51.2 Å². The molecule has 1 amide bonds. The van der Waals surface area contributed by atoms with Gasteiger partial charge >= 0.3 is 0 Å². The number of nitro groups is 2. The summed E-state index contributed by atoms with van der Waals surface area (Å²) in [6.45, 7) is 4.84. The van der Waals surface area contributed by atoms with Crippen molar-refractivity contribution in [2.24, 2.45) is 0 Å². The van der Waals surface area contributed by atoms with Gasteiger partial charge in [0.15, 0.2) is 0 Å². The van der Waals surface area contributed by atoms with Crippen LogP contribution in [0.25, 0.3) is 16.6 Å². The molecule has 1 aliphatic rings. The van der Waals surface area contributed by atoms with Crippen LogP contribution in [0, 0.1) is 20.2 Å². The highest BCUT2D eigenvalue weighted by atomic mass is 16.6. The standard InChI is InChI=1S/C29H28N6O7/c1-18-17-31(12-13-32(18)28(36)20-14-21(34(38)39)16-22(15-20)35(40)41)19(2)27-30-24-9-5-4-8-23(24)29(37)33(27)25-10-6-7-11-26(25)42-3/h4-11,14-16,18-19H,12-13,17H2,1-3H3. The van der Waals surface area contributed by atoms with E-state index in [0.717, 1.165) is 18.2 Å². The lowest BCUT2D eigenvalue weighted by Crippen LogP contribution is -2.54. The zero-order chi connectivity index (χ0) is 30.1. The number of benzene rings is 3. The van der Waals surface area contributed by atoms with E-state index in [1.165, 1.54) is 7.11 Å². The van der Waals surface area contributed by atoms with Crippen LogP contribution in [0.5, 0.6) is 5.75 Å². The fraction of sp³-hybridized carbons (Fsp3) is 0.276. The number of nitro benzene ring substituents is 2. The van der Waals surface area contributed by atoms with Gasteiger partial charge in [0.25, 0.3) is 22.8 Å². The van der Waals surface area contributed by atoms with Crippen LogP contribution in [0.15, 0.2) is 71.5 Å². The Kier molecular flexibility index (Phi) is 7.68. The van der Waals surface area contributed by atoms with E-state index in [1.54, 1.807) is 39.8 Å². The number of carbonyl (C=O) groups excluding carboxylic acids is 1. The highest BCUT2D eigenvalue weighted by Gasteiger charge is 2.34. The van der Waals surface area contributed by atoms with Crippen molar-refractivity contribution in [1.82, 2.24) is 19.4 Å². The Morgan fingerprint density at radius 3 is 2.29 bits per heavy atom. The second-order valence-electron chi connectivity index (χ2n) is 10.1. The van der Waals surface area contributed by atoms with E-state index in [1.807, 2.05) is 32.0 Å². The minimum atomic E-state index is -0.759. The summed E-state index contributed by atoms with van der Waals surface area (Å²) in [6, 6.07) is 16.6. The summed E-state index contributed by atoms with van der Waals surface area (Å²) in [5.41, 5.74) is -0.288. The summed E-state index contributed by atoms with van der Waals surface area (Å²) in [5.74, 6) is 0.487. The molecule has 0 radical (unpaired) electrons. The van der Waals surface area contributed by atoms with E-state index in [2.05, 4.69) is 4.90 Å². The Balaban J connectivity index is 1.48. The molecule has 3 aromatic carbocycles. The van der Waals surface area contributed by atoms with Gasteiger partial charge < -0.3 is 9.64 Å². The van der Waals surface area contributed by atoms with Crippen LogP contribution < -0.4 is 10.3 Å². The van der Waals surface area contributed by atoms with E-state index in [0.29, 0.717) is 41.3 Å². The van der Waals surface area contributed by atoms with Crippen LogP contribution in [-0.4, -0.2) is 67.9 Å². The van der Waals surface area contributed by atoms with Gasteiger partial charge in [0.1, 0.15) is 11.6 Å². The molecule has 2 atom stereocenters. The number of ether oxygens (including phenoxy) is 1. The number of nitrogens with zero attached hydrogens (tertiary/aromatic N) is 6. The summed E-state index contributed by atoms with van der Waals surface area (Å²) >= 11 is 0. The number of hydrogen-bond donors (Lipinski definition) is 0. The van der Waals surface area contributed by atoms with Crippen molar-refractivity contribution in [2.75, 3.05) is 26.7 Å². The first-order valence-corrected chi connectivity index (χ1v) is 13.2. The number of carbonyl (C=O) groups is 1. The van der Waals surface area contributed by atoms with Gasteiger partial charge in [-0.25, -0.2) is 4.98 Å². The monoisotopic (exact) mass is 572 g/mol. The van der Waals surface area contributed by atoms with Crippen molar-refractivity contribution in [3.8, 4) is 11.4 Å². The van der Waals surface area contributed by atoms with Gasteiger partial charge in [0, 0.05) is 37.8 Å². The first kappa shape index (κ1) is 28.4. The Hall–Kier alpha value is -5.17. The molecule has 0 aliphatic carbocycles. The molecule has 42 heavy (non-hydrogen) atoms. The molecule has 0 spiro atoms. The number of para-hydroxylation sites is 3. The van der Waals surface area contributed by atoms with Gasteiger partial charge in [-0.1, -0.05) is 24.3 Å². The van der Waals surface area contributed by atoms with Gasteiger partial charge in [0.2, 0.25) is 0 Å². The average Bonchev–Trinajstić information content (AvgIpc) is 3.00. The normalized spacial score (nSPS) is 16.3. The number of methoxy groups -OCH3 is 1. The molecule has 0 bridgehead atoms. The van der Waals surface area contributed by atoms with Crippen LogP contribution in [0.3, 0.4) is 0 Å². The van der Waals surface area contributed by atoms with Crippen LogP contribution in [-0.2, 0) is 0 Å². The number of hydrogen-bond acceptors (Lipinski definition) is 9. The van der Waals surface area contributed by atoms with Crippen LogP contribution in [0.2, 0.25) is 0 Å². The van der Waals surface area contributed by atoms with Gasteiger partial charge in [-0.15, -0.1) is 0 Å². The van der Waals surface area contributed by atoms with E-state index < -0.39 is 27.1 Å². The highest BCUT2D eigenvalue weighted by molar-refractivity contribution is 5.96. The van der Waals surface area contributed by atoms with Crippen molar-refractivity contribution in [2.45, 2.75) is 25.9 Å². The number of non-ortho nitro benzene ring substituents is 2. The maximum atomic E-state index is 13.8. The van der Waals surface area contributed by atoms with Crippen LogP contribution in [0.1, 0.15) is 36.1 Å². The zero-order valence-electron chi connectivity index (χ0n) is 23.2. The predicted octanol–water partition coefficient (Wildman–Crippen LogP) is 4.12. The molecule has 216 valence electrons. The third kappa shape index (κ3) is 5.17. The lowest BCUT2D eigenvalue weighted by Gasteiger charge is -2.42. The lowest BCUT2D eigenvalue weighted by molar-refractivity contribution is -0.394. The Morgan fingerprint density at radius 2 is 1.64 bits per heavy atom. The minimum absolute atomic E-state index is 0.120. The fourth-order valence-electron chi connectivity index (χ4n) is 5.38. The molecule has 1 fully saturated rings. The number of fused-ring (bicyclic) bond motifs is 1. The number of rotatable bonds is 7. The molecule has 0 N–H and O–H groups in total. The fourth-order valence-corrected chi connectivity index (χ4v) is 5.38. The average molecular weight is 573 g/mol. The SMILES string of the molecule is COc1ccccc1-n1c(C(C)N2CCN(C(=O)c3cc([N+](=O)[O-])cc([N+](=O)[O-])c3)C(C)C2)nc2ccccc2c1=O. The molecule has 1 aromatic heterocycles. The van der Waals surface area contributed by atoms with Crippen molar-refractivity contribution in [1.29, 1.82) is 0 Å². The predicted molar refractivity (Wildman–Crippen MR) is 154 cm³/mol. The number of amides is 1. The third-order valence-corrected chi connectivity index (χ3v) is 7.54. The van der Waals surface area contributed by atoms with E-state index in [9.17, 15) is 29.8 Å². The van der Waals surface area contributed by atoms with Crippen molar-refractivity contribution in [3.05, 3.63) is 109 Å². The molecular weight excluding hydrogens is 544 g/mol. The Labute approximate surface area is 239 Å². The van der Waals surface area contributed by atoms with Gasteiger partial charge in [-0.3, -0.25) is 39.3 Å². The molecule has 13 heteroatoms. The molecule has 1 aliphatic heterocycles. The zero-order valence-corrected chi connectivity index (χ0v) is 23.2. The summed E-state index contributed by atoms with van der Waals surface area (Å²) in [6.07, 6.45) is 0. The molecule has 1 saturated heterocycles. The largest absolute Gasteiger partial charge is 0.495 e. The van der Waals surface area contributed by atoms with Gasteiger partial charge in [-0.05, 0) is 38.1 Å². The second kappa shape index (κ2) is 11.4. The number of piperazine rings is 1. The summed E-state index contributed by atoms with van der Waals surface area (Å²) in [7, 11) is 1.54. The molecule has 2 heterocycles. The van der Waals surface area contributed by atoms with E-state index in [4.69, 9.17) is 9.72 Å². The second-order valence-corrected chi connectivity index (χ2v) is 10.1. The Morgan fingerprint density at radius 1 is 1.00 bits per heavy atom. The third-order valence-electron chi connectivity index (χ3n) is 7.54. The van der Waals surface area contributed by atoms with Crippen molar-refractivity contribution >= 4 is 28.2 Å². The minimum Gasteiger partial charge on any atom is -0.495 e. The highest BCUT2D eigenvalue weighted by Crippen LogP contribution is 2.30. The number of aromatic nitrogens is 2. The van der Waals surface area contributed by atoms with Crippen LogP contribution in [0.4, 0.5) is 11.4 Å². The summed E-state index contributed by atoms with van der Waals surface area (Å²) in [5, 5.41) is 23.1. The molecule has 2 unspecified atom stereocenters. The quantitative estimate of drug-likeness (QED) is 0.235. The van der Waals surface area contributed by atoms with Crippen LogP contribution >= 0.6 is 0 Å². The molecular formula is C29H28N6O7. The lowest BCUT2D eigenvalue weighted by atomic mass is 10.1. The van der Waals surface area contributed by atoms with E-state index >= 15 is 0 Å². The first-order valence-electron chi connectivity index (χ1n) is 13.2. The van der Waals surface area contributed by atoms with Crippen molar-refractivity contribution < 1.29 is 19.4 Å².